The first kappa shape index (κ1) is 11.6. The van der Waals surface area contributed by atoms with E-state index in [9.17, 15) is 0 Å². The molecule has 4 nitrogen and oxygen atoms in total. The summed E-state index contributed by atoms with van der Waals surface area (Å²) in [5, 5.41) is 0. The Morgan fingerprint density at radius 1 is 1.00 bits per heavy atom. The van der Waals surface area contributed by atoms with Gasteiger partial charge in [-0.05, 0) is 31.2 Å². The number of oxazole rings is 1. The SMILES string of the molecule is Cc1cccc(Cc2cccc(-c3ncco3)n2)n1. The average molecular weight is 251 g/mol. The minimum Gasteiger partial charge on any atom is -0.443 e. The van der Waals surface area contributed by atoms with Crippen LogP contribution >= 0.6 is 0 Å². The summed E-state index contributed by atoms with van der Waals surface area (Å²) in [4.78, 5) is 13.1. The summed E-state index contributed by atoms with van der Waals surface area (Å²) in [7, 11) is 0. The molecule has 0 unspecified atom stereocenters. The van der Waals surface area contributed by atoms with Crippen LogP contribution in [0.15, 0.2) is 53.3 Å². The van der Waals surface area contributed by atoms with E-state index in [1.54, 1.807) is 12.5 Å². The lowest BCUT2D eigenvalue weighted by Crippen LogP contribution is -1.97. The van der Waals surface area contributed by atoms with Crippen LogP contribution in [0.5, 0.6) is 0 Å². The lowest BCUT2D eigenvalue weighted by atomic mass is 10.2. The van der Waals surface area contributed by atoms with E-state index in [2.05, 4.69) is 15.0 Å². The zero-order chi connectivity index (χ0) is 13.1. The largest absolute Gasteiger partial charge is 0.443 e. The molecule has 3 aromatic rings. The van der Waals surface area contributed by atoms with E-state index < -0.39 is 0 Å². The fraction of sp³-hybridized carbons (Fsp3) is 0.133. The third-order valence-electron chi connectivity index (χ3n) is 2.77. The number of hydrogen-bond donors (Lipinski definition) is 0. The van der Waals surface area contributed by atoms with Gasteiger partial charge in [-0.25, -0.2) is 9.97 Å². The van der Waals surface area contributed by atoms with Crippen LogP contribution in [0.4, 0.5) is 0 Å². The van der Waals surface area contributed by atoms with Gasteiger partial charge in [-0.1, -0.05) is 12.1 Å². The van der Waals surface area contributed by atoms with Gasteiger partial charge in [0.1, 0.15) is 12.0 Å². The van der Waals surface area contributed by atoms with Gasteiger partial charge in [-0.3, -0.25) is 4.98 Å². The summed E-state index contributed by atoms with van der Waals surface area (Å²) in [5.41, 5.74) is 3.72. The number of nitrogens with zero attached hydrogens (tertiary/aromatic N) is 3. The zero-order valence-corrected chi connectivity index (χ0v) is 10.6. The third-order valence-corrected chi connectivity index (χ3v) is 2.77. The molecule has 0 aliphatic rings. The first-order valence-corrected chi connectivity index (χ1v) is 6.09. The summed E-state index contributed by atoms with van der Waals surface area (Å²) in [6, 6.07) is 11.8. The number of aryl methyl sites for hydroxylation is 1. The molecule has 0 amide bonds. The molecule has 3 aromatic heterocycles. The molecule has 0 bridgehead atoms. The van der Waals surface area contributed by atoms with Crippen LogP contribution in [-0.2, 0) is 6.42 Å². The molecule has 0 N–H and O–H groups in total. The normalized spacial score (nSPS) is 10.6. The highest BCUT2D eigenvalue weighted by Crippen LogP contribution is 2.15. The van der Waals surface area contributed by atoms with Crippen molar-refractivity contribution >= 4 is 0 Å². The maximum atomic E-state index is 5.25. The molecule has 0 aromatic carbocycles. The van der Waals surface area contributed by atoms with Crippen LogP contribution in [0.25, 0.3) is 11.6 Å². The Morgan fingerprint density at radius 2 is 1.79 bits per heavy atom. The quantitative estimate of drug-likeness (QED) is 0.718. The van der Waals surface area contributed by atoms with Crippen molar-refractivity contribution in [2.24, 2.45) is 0 Å². The van der Waals surface area contributed by atoms with Gasteiger partial charge in [0.2, 0.25) is 5.89 Å². The van der Waals surface area contributed by atoms with Crippen molar-refractivity contribution in [1.29, 1.82) is 0 Å². The Kier molecular flexibility index (Phi) is 3.06. The van der Waals surface area contributed by atoms with E-state index in [0.717, 1.165) is 22.8 Å². The Morgan fingerprint density at radius 3 is 2.53 bits per heavy atom. The Bertz CT molecular complexity index is 677. The summed E-state index contributed by atoms with van der Waals surface area (Å²) in [5.74, 6) is 0.541. The van der Waals surface area contributed by atoms with Gasteiger partial charge >= 0.3 is 0 Å². The van der Waals surface area contributed by atoms with Crippen molar-refractivity contribution in [2.75, 3.05) is 0 Å². The Balaban J connectivity index is 1.88. The molecular weight excluding hydrogens is 238 g/mol. The first-order chi connectivity index (χ1) is 9.31. The summed E-state index contributed by atoms with van der Waals surface area (Å²) in [6.07, 6.45) is 3.87. The van der Waals surface area contributed by atoms with Gasteiger partial charge in [0.05, 0.1) is 6.20 Å². The highest BCUT2D eigenvalue weighted by molar-refractivity contribution is 5.46. The molecule has 4 heteroatoms. The molecule has 0 saturated heterocycles. The third kappa shape index (κ3) is 2.68. The van der Waals surface area contributed by atoms with E-state index >= 15 is 0 Å². The van der Waals surface area contributed by atoms with Crippen molar-refractivity contribution in [3.8, 4) is 11.6 Å². The topological polar surface area (TPSA) is 51.8 Å². The summed E-state index contributed by atoms with van der Waals surface area (Å²) >= 11 is 0. The van der Waals surface area contributed by atoms with E-state index in [4.69, 9.17) is 4.42 Å². The van der Waals surface area contributed by atoms with Gasteiger partial charge in [-0.15, -0.1) is 0 Å². The number of pyridine rings is 2. The Hall–Kier alpha value is -2.49. The monoisotopic (exact) mass is 251 g/mol. The number of rotatable bonds is 3. The molecule has 0 spiro atoms. The van der Waals surface area contributed by atoms with Crippen LogP contribution in [0, 0.1) is 6.92 Å². The molecule has 0 radical (unpaired) electrons. The van der Waals surface area contributed by atoms with Crippen molar-refractivity contribution in [2.45, 2.75) is 13.3 Å². The van der Waals surface area contributed by atoms with Crippen molar-refractivity contribution in [3.63, 3.8) is 0 Å². The minimum absolute atomic E-state index is 0.541. The van der Waals surface area contributed by atoms with E-state index in [0.29, 0.717) is 12.3 Å². The second-order valence-electron chi connectivity index (χ2n) is 4.30. The second-order valence-corrected chi connectivity index (χ2v) is 4.30. The fourth-order valence-electron chi connectivity index (χ4n) is 1.93. The molecular formula is C15H13N3O. The predicted molar refractivity (Wildman–Crippen MR) is 71.5 cm³/mol. The van der Waals surface area contributed by atoms with Gasteiger partial charge < -0.3 is 4.42 Å². The van der Waals surface area contributed by atoms with Crippen LogP contribution < -0.4 is 0 Å². The van der Waals surface area contributed by atoms with Crippen LogP contribution in [-0.4, -0.2) is 15.0 Å². The molecule has 0 aliphatic carbocycles. The summed E-state index contributed by atoms with van der Waals surface area (Å²) in [6.45, 7) is 1.99. The van der Waals surface area contributed by atoms with E-state index in [1.807, 2.05) is 43.3 Å². The van der Waals surface area contributed by atoms with Crippen molar-refractivity contribution in [1.82, 2.24) is 15.0 Å². The molecule has 3 heterocycles. The molecule has 3 rings (SSSR count). The molecule has 94 valence electrons. The fourth-order valence-corrected chi connectivity index (χ4v) is 1.93. The number of hydrogen-bond acceptors (Lipinski definition) is 4. The zero-order valence-electron chi connectivity index (χ0n) is 10.6. The lowest BCUT2D eigenvalue weighted by molar-refractivity contribution is 0.571. The minimum atomic E-state index is 0.541. The second kappa shape index (κ2) is 5.02. The molecule has 0 fully saturated rings. The standard InChI is InChI=1S/C15H13N3O/c1-11-4-2-5-12(17-11)10-13-6-3-7-14(18-13)15-16-8-9-19-15/h2-9H,10H2,1H3. The molecule has 0 aliphatic heterocycles. The lowest BCUT2D eigenvalue weighted by Gasteiger charge is -2.03. The highest BCUT2D eigenvalue weighted by atomic mass is 16.3. The van der Waals surface area contributed by atoms with Gasteiger partial charge in [0, 0.05) is 23.5 Å². The predicted octanol–water partition coefficient (Wildman–Crippen LogP) is 3.03. The highest BCUT2D eigenvalue weighted by Gasteiger charge is 2.06. The van der Waals surface area contributed by atoms with E-state index in [-0.39, 0.29) is 0 Å². The van der Waals surface area contributed by atoms with E-state index in [1.165, 1.54) is 0 Å². The van der Waals surface area contributed by atoms with Crippen molar-refractivity contribution in [3.05, 3.63) is 65.9 Å². The van der Waals surface area contributed by atoms with Crippen LogP contribution in [0.2, 0.25) is 0 Å². The molecule has 0 atom stereocenters. The van der Waals surface area contributed by atoms with Crippen LogP contribution in [0.3, 0.4) is 0 Å². The Labute approximate surface area is 111 Å². The smallest absolute Gasteiger partial charge is 0.244 e. The molecule has 0 saturated carbocycles. The van der Waals surface area contributed by atoms with Crippen molar-refractivity contribution < 1.29 is 4.42 Å². The first-order valence-electron chi connectivity index (χ1n) is 6.09. The molecule has 19 heavy (non-hydrogen) atoms. The van der Waals surface area contributed by atoms with Gasteiger partial charge in [0.25, 0.3) is 0 Å². The van der Waals surface area contributed by atoms with Crippen LogP contribution in [0.1, 0.15) is 17.1 Å². The maximum Gasteiger partial charge on any atom is 0.244 e. The number of aromatic nitrogens is 3. The van der Waals surface area contributed by atoms with Gasteiger partial charge in [-0.2, -0.15) is 0 Å². The average Bonchev–Trinajstić information content (AvgIpc) is 2.93. The maximum absolute atomic E-state index is 5.25. The summed E-state index contributed by atoms with van der Waals surface area (Å²) < 4.78 is 5.25. The van der Waals surface area contributed by atoms with Gasteiger partial charge in [0.15, 0.2) is 0 Å².